The minimum Gasteiger partial charge on any atom is -0.478 e. The minimum absolute atomic E-state index is 0.105. The van der Waals surface area contributed by atoms with Crippen LogP contribution in [0.1, 0.15) is 21.5 Å². The third-order valence-electron chi connectivity index (χ3n) is 2.68. The van der Waals surface area contributed by atoms with Crippen molar-refractivity contribution in [1.82, 2.24) is 0 Å². The molecular weight excluding hydrogens is 248 g/mol. The van der Waals surface area contributed by atoms with Crippen LogP contribution in [0.2, 0.25) is 0 Å². The Kier molecular flexibility index (Phi) is 5.47. The molecule has 0 saturated heterocycles. The summed E-state index contributed by atoms with van der Waals surface area (Å²) in [6.07, 6.45) is 0. The number of carboxylic acid groups (broad SMARTS) is 1. The van der Waals surface area contributed by atoms with Gasteiger partial charge in [-0.1, -0.05) is 0 Å². The topological polar surface area (TPSA) is 102 Å². The van der Waals surface area contributed by atoms with Gasteiger partial charge in [0.05, 0.1) is 12.2 Å². The molecule has 1 aromatic carbocycles. The van der Waals surface area contributed by atoms with Crippen LogP contribution in [0.15, 0.2) is 12.1 Å². The zero-order valence-corrected chi connectivity index (χ0v) is 11.0. The van der Waals surface area contributed by atoms with Gasteiger partial charge in [0.1, 0.15) is 6.61 Å². The predicted octanol–water partition coefficient (Wildman–Crippen LogP) is 0.915. The third-order valence-corrected chi connectivity index (χ3v) is 2.68. The van der Waals surface area contributed by atoms with Crippen molar-refractivity contribution in [2.24, 2.45) is 5.73 Å². The summed E-state index contributed by atoms with van der Waals surface area (Å²) in [6.45, 7) is 4.07. The predicted molar refractivity (Wildman–Crippen MR) is 71.4 cm³/mol. The first kappa shape index (κ1) is 15.1. The monoisotopic (exact) mass is 266 g/mol. The van der Waals surface area contributed by atoms with E-state index in [1.807, 2.05) is 0 Å². The SMILES string of the molecule is Cc1cc(NC(=O)COCCN)cc(C(=O)O)c1C. The number of aromatic carboxylic acids is 1. The van der Waals surface area contributed by atoms with E-state index in [0.717, 1.165) is 5.56 Å². The van der Waals surface area contributed by atoms with E-state index >= 15 is 0 Å². The lowest BCUT2D eigenvalue weighted by atomic mass is 10.0. The zero-order valence-electron chi connectivity index (χ0n) is 11.0. The molecule has 0 aliphatic carbocycles. The molecule has 6 heteroatoms. The second-order valence-electron chi connectivity index (χ2n) is 4.16. The number of anilines is 1. The quantitative estimate of drug-likeness (QED) is 0.664. The summed E-state index contributed by atoms with van der Waals surface area (Å²) in [5.41, 5.74) is 7.35. The number of benzene rings is 1. The number of carbonyl (C=O) groups is 2. The first-order valence-corrected chi connectivity index (χ1v) is 5.88. The highest BCUT2D eigenvalue weighted by Gasteiger charge is 2.12. The van der Waals surface area contributed by atoms with Gasteiger partial charge in [0.25, 0.3) is 0 Å². The highest BCUT2D eigenvalue weighted by atomic mass is 16.5. The summed E-state index contributed by atoms with van der Waals surface area (Å²) in [7, 11) is 0. The lowest BCUT2D eigenvalue weighted by molar-refractivity contribution is -0.120. The molecule has 19 heavy (non-hydrogen) atoms. The summed E-state index contributed by atoms with van der Waals surface area (Å²) in [5, 5.41) is 11.7. The standard InChI is InChI=1S/C13H18N2O4/c1-8-5-10(6-11(9(8)2)13(17)18)15-12(16)7-19-4-3-14/h5-6H,3-4,7,14H2,1-2H3,(H,15,16)(H,17,18). The Bertz CT molecular complexity index is 486. The van der Waals surface area contributed by atoms with Gasteiger partial charge in [0.2, 0.25) is 5.91 Å². The molecule has 0 spiro atoms. The van der Waals surface area contributed by atoms with Crippen molar-refractivity contribution in [1.29, 1.82) is 0 Å². The van der Waals surface area contributed by atoms with Crippen LogP contribution in [0.5, 0.6) is 0 Å². The van der Waals surface area contributed by atoms with Gasteiger partial charge < -0.3 is 20.9 Å². The van der Waals surface area contributed by atoms with Gasteiger partial charge in [-0.3, -0.25) is 4.79 Å². The van der Waals surface area contributed by atoms with Crippen LogP contribution < -0.4 is 11.1 Å². The Hall–Kier alpha value is -1.92. The Morgan fingerprint density at radius 1 is 1.37 bits per heavy atom. The molecule has 1 rings (SSSR count). The molecule has 0 fully saturated rings. The van der Waals surface area contributed by atoms with Crippen molar-refractivity contribution in [3.8, 4) is 0 Å². The van der Waals surface area contributed by atoms with Crippen LogP contribution in [0.25, 0.3) is 0 Å². The van der Waals surface area contributed by atoms with E-state index < -0.39 is 5.97 Å². The maximum atomic E-state index is 11.5. The van der Waals surface area contributed by atoms with Crippen LogP contribution >= 0.6 is 0 Å². The van der Waals surface area contributed by atoms with E-state index in [9.17, 15) is 9.59 Å². The molecule has 1 aromatic rings. The second-order valence-corrected chi connectivity index (χ2v) is 4.16. The first-order chi connectivity index (χ1) is 8.95. The normalized spacial score (nSPS) is 10.3. The maximum Gasteiger partial charge on any atom is 0.336 e. The average molecular weight is 266 g/mol. The molecule has 4 N–H and O–H groups in total. The summed E-state index contributed by atoms with van der Waals surface area (Å²) < 4.78 is 5.00. The summed E-state index contributed by atoms with van der Waals surface area (Å²) in [5.74, 6) is -1.36. The molecule has 0 heterocycles. The molecule has 6 nitrogen and oxygen atoms in total. The maximum absolute atomic E-state index is 11.5. The number of hydrogen-bond acceptors (Lipinski definition) is 4. The van der Waals surface area contributed by atoms with Crippen molar-refractivity contribution < 1.29 is 19.4 Å². The Labute approximate surface area is 111 Å². The van der Waals surface area contributed by atoms with E-state index in [2.05, 4.69) is 5.32 Å². The number of rotatable bonds is 6. The van der Waals surface area contributed by atoms with Gasteiger partial charge in [-0.2, -0.15) is 0 Å². The van der Waals surface area contributed by atoms with Crippen LogP contribution in [-0.4, -0.2) is 36.7 Å². The average Bonchev–Trinajstić information content (AvgIpc) is 2.33. The van der Waals surface area contributed by atoms with Crippen LogP contribution in [0, 0.1) is 13.8 Å². The number of nitrogens with one attached hydrogen (secondary N) is 1. The van der Waals surface area contributed by atoms with Crippen molar-refractivity contribution in [2.45, 2.75) is 13.8 Å². The molecule has 0 unspecified atom stereocenters. The van der Waals surface area contributed by atoms with Crippen molar-refractivity contribution in [3.63, 3.8) is 0 Å². The molecule has 0 bridgehead atoms. The van der Waals surface area contributed by atoms with Gasteiger partial charge >= 0.3 is 5.97 Å². The lowest BCUT2D eigenvalue weighted by Gasteiger charge is -2.10. The number of ether oxygens (including phenoxy) is 1. The van der Waals surface area contributed by atoms with Crippen molar-refractivity contribution in [3.05, 3.63) is 28.8 Å². The van der Waals surface area contributed by atoms with Gasteiger partial charge in [0.15, 0.2) is 0 Å². The molecule has 104 valence electrons. The second kappa shape index (κ2) is 6.86. The lowest BCUT2D eigenvalue weighted by Crippen LogP contribution is -2.21. The molecule has 0 atom stereocenters. The molecule has 0 aliphatic heterocycles. The molecule has 0 radical (unpaired) electrons. The van der Waals surface area contributed by atoms with E-state index in [-0.39, 0.29) is 18.1 Å². The Morgan fingerprint density at radius 3 is 2.63 bits per heavy atom. The molecule has 1 amide bonds. The largest absolute Gasteiger partial charge is 0.478 e. The molecular formula is C13H18N2O4. The molecule has 0 aliphatic rings. The van der Waals surface area contributed by atoms with Gasteiger partial charge in [-0.25, -0.2) is 4.79 Å². The fraction of sp³-hybridized carbons (Fsp3) is 0.385. The van der Waals surface area contributed by atoms with Gasteiger partial charge in [0, 0.05) is 12.2 Å². The highest BCUT2D eigenvalue weighted by molar-refractivity contribution is 5.95. The first-order valence-electron chi connectivity index (χ1n) is 5.88. The van der Waals surface area contributed by atoms with Crippen molar-refractivity contribution in [2.75, 3.05) is 25.1 Å². The van der Waals surface area contributed by atoms with Gasteiger partial charge in [-0.05, 0) is 37.1 Å². The third kappa shape index (κ3) is 4.35. The van der Waals surface area contributed by atoms with E-state index in [1.54, 1.807) is 19.9 Å². The highest BCUT2D eigenvalue weighted by Crippen LogP contribution is 2.20. The number of hydrogen-bond donors (Lipinski definition) is 3. The van der Waals surface area contributed by atoms with E-state index in [1.165, 1.54) is 6.07 Å². The zero-order chi connectivity index (χ0) is 14.4. The van der Waals surface area contributed by atoms with Crippen molar-refractivity contribution >= 4 is 17.6 Å². The summed E-state index contributed by atoms with van der Waals surface area (Å²) in [6, 6.07) is 3.16. The molecule has 0 aromatic heterocycles. The fourth-order valence-electron chi connectivity index (χ4n) is 1.60. The minimum atomic E-state index is -1.02. The Balaban J connectivity index is 2.79. The molecule has 0 saturated carbocycles. The number of nitrogens with two attached hydrogens (primary N) is 1. The van der Waals surface area contributed by atoms with Crippen LogP contribution in [0.3, 0.4) is 0 Å². The smallest absolute Gasteiger partial charge is 0.336 e. The number of amides is 1. The number of carboxylic acids is 1. The number of aryl methyl sites for hydroxylation is 1. The fourth-order valence-corrected chi connectivity index (χ4v) is 1.60. The summed E-state index contributed by atoms with van der Waals surface area (Å²) in [4.78, 5) is 22.6. The van der Waals surface area contributed by atoms with Crippen LogP contribution in [0.4, 0.5) is 5.69 Å². The number of carbonyl (C=O) groups excluding carboxylic acids is 1. The van der Waals surface area contributed by atoms with E-state index in [0.29, 0.717) is 24.4 Å². The Morgan fingerprint density at radius 2 is 2.05 bits per heavy atom. The van der Waals surface area contributed by atoms with E-state index in [4.69, 9.17) is 15.6 Å². The summed E-state index contributed by atoms with van der Waals surface area (Å²) >= 11 is 0. The van der Waals surface area contributed by atoms with Crippen LogP contribution in [-0.2, 0) is 9.53 Å². The van der Waals surface area contributed by atoms with Gasteiger partial charge in [-0.15, -0.1) is 0 Å².